The molecule has 0 atom stereocenters. The lowest BCUT2D eigenvalue weighted by Crippen LogP contribution is -2.29. The molecule has 0 saturated carbocycles. The SMILES string of the molecule is O=C1CNc2ncnc(NCc3ccco3)c2N1. The van der Waals surface area contributed by atoms with Crippen LogP contribution in [0.4, 0.5) is 17.3 Å². The molecular weight excluding hydrogens is 234 g/mol. The van der Waals surface area contributed by atoms with Crippen LogP contribution in [-0.2, 0) is 11.3 Å². The van der Waals surface area contributed by atoms with Crippen molar-refractivity contribution >= 4 is 23.2 Å². The fourth-order valence-electron chi connectivity index (χ4n) is 1.70. The van der Waals surface area contributed by atoms with Gasteiger partial charge in [-0.15, -0.1) is 0 Å². The summed E-state index contributed by atoms with van der Waals surface area (Å²) >= 11 is 0. The largest absolute Gasteiger partial charge is 0.467 e. The number of furan rings is 1. The van der Waals surface area contributed by atoms with Crippen molar-refractivity contribution in [1.82, 2.24) is 9.97 Å². The Morgan fingerprint density at radius 3 is 3.22 bits per heavy atom. The zero-order valence-electron chi connectivity index (χ0n) is 9.43. The Bertz CT molecular complexity index is 567. The number of aromatic nitrogens is 2. The van der Waals surface area contributed by atoms with E-state index in [1.54, 1.807) is 6.26 Å². The lowest BCUT2D eigenvalue weighted by atomic mass is 10.3. The normalized spacial score (nSPS) is 13.4. The second-order valence-corrected chi connectivity index (χ2v) is 3.78. The molecule has 0 aliphatic carbocycles. The Labute approximate surface area is 103 Å². The molecule has 1 amide bonds. The second-order valence-electron chi connectivity index (χ2n) is 3.78. The number of anilines is 3. The van der Waals surface area contributed by atoms with Gasteiger partial charge in [-0.3, -0.25) is 4.79 Å². The molecule has 2 aromatic rings. The van der Waals surface area contributed by atoms with Gasteiger partial charge in [0.15, 0.2) is 11.6 Å². The Hall–Kier alpha value is -2.57. The van der Waals surface area contributed by atoms with Gasteiger partial charge in [0, 0.05) is 0 Å². The Balaban J connectivity index is 1.81. The van der Waals surface area contributed by atoms with Gasteiger partial charge < -0.3 is 20.4 Å². The number of rotatable bonds is 3. The van der Waals surface area contributed by atoms with Crippen LogP contribution in [0.1, 0.15) is 5.76 Å². The van der Waals surface area contributed by atoms with Gasteiger partial charge in [0.2, 0.25) is 5.91 Å². The van der Waals surface area contributed by atoms with Crippen molar-refractivity contribution < 1.29 is 9.21 Å². The van der Waals surface area contributed by atoms with Gasteiger partial charge in [-0.05, 0) is 12.1 Å². The van der Waals surface area contributed by atoms with Crippen molar-refractivity contribution in [2.75, 3.05) is 22.5 Å². The smallest absolute Gasteiger partial charge is 0.243 e. The Kier molecular flexibility index (Phi) is 2.56. The zero-order chi connectivity index (χ0) is 12.4. The second kappa shape index (κ2) is 4.36. The summed E-state index contributed by atoms with van der Waals surface area (Å²) in [6.45, 7) is 0.716. The maximum Gasteiger partial charge on any atom is 0.243 e. The molecule has 0 unspecified atom stereocenters. The topological polar surface area (TPSA) is 92.1 Å². The molecule has 3 rings (SSSR count). The first-order valence-corrected chi connectivity index (χ1v) is 5.48. The number of hydrogen-bond donors (Lipinski definition) is 3. The summed E-state index contributed by atoms with van der Waals surface area (Å²) in [4.78, 5) is 19.5. The first kappa shape index (κ1) is 10.6. The van der Waals surface area contributed by atoms with E-state index in [4.69, 9.17) is 4.42 Å². The van der Waals surface area contributed by atoms with Crippen molar-refractivity contribution in [2.24, 2.45) is 0 Å². The van der Waals surface area contributed by atoms with E-state index in [1.165, 1.54) is 6.33 Å². The number of carbonyl (C=O) groups is 1. The molecule has 0 radical (unpaired) electrons. The van der Waals surface area contributed by atoms with Crippen LogP contribution in [0.2, 0.25) is 0 Å². The minimum atomic E-state index is -0.113. The molecule has 0 aromatic carbocycles. The number of fused-ring (bicyclic) bond motifs is 1. The van der Waals surface area contributed by atoms with E-state index >= 15 is 0 Å². The van der Waals surface area contributed by atoms with E-state index in [1.807, 2.05) is 12.1 Å². The lowest BCUT2D eigenvalue weighted by molar-refractivity contribution is -0.114. The highest BCUT2D eigenvalue weighted by atomic mass is 16.3. The molecule has 0 saturated heterocycles. The van der Waals surface area contributed by atoms with Crippen LogP contribution in [0.3, 0.4) is 0 Å². The summed E-state index contributed by atoms with van der Waals surface area (Å²) in [6, 6.07) is 3.67. The molecule has 18 heavy (non-hydrogen) atoms. The maximum absolute atomic E-state index is 11.3. The van der Waals surface area contributed by atoms with Crippen molar-refractivity contribution in [3.63, 3.8) is 0 Å². The van der Waals surface area contributed by atoms with Crippen LogP contribution in [-0.4, -0.2) is 22.4 Å². The fraction of sp³-hybridized carbons (Fsp3) is 0.182. The molecular formula is C11H11N5O2. The number of nitrogens with zero attached hydrogens (tertiary/aromatic N) is 2. The predicted molar refractivity (Wildman–Crippen MR) is 65.2 cm³/mol. The van der Waals surface area contributed by atoms with Gasteiger partial charge in [0.25, 0.3) is 0 Å². The van der Waals surface area contributed by atoms with E-state index in [-0.39, 0.29) is 12.5 Å². The number of carbonyl (C=O) groups excluding carboxylic acids is 1. The summed E-state index contributed by atoms with van der Waals surface area (Å²) in [7, 11) is 0. The Morgan fingerprint density at radius 2 is 2.39 bits per heavy atom. The quantitative estimate of drug-likeness (QED) is 0.748. The summed E-state index contributed by atoms with van der Waals surface area (Å²) in [5.74, 6) is 1.86. The molecule has 7 heteroatoms. The van der Waals surface area contributed by atoms with Crippen molar-refractivity contribution in [2.45, 2.75) is 6.54 Å². The van der Waals surface area contributed by atoms with Crippen LogP contribution >= 0.6 is 0 Å². The van der Waals surface area contributed by atoms with Crippen LogP contribution < -0.4 is 16.0 Å². The van der Waals surface area contributed by atoms with Crippen LogP contribution in [0, 0.1) is 0 Å². The van der Waals surface area contributed by atoms with Crippen molar-refractivity contribution in [3.05, 3.63) is 30.5 Å². The maximum atomic E-state index is 11.3. The first-order chi connectivity index (χ1) is 8.83. The molecule has 92 valence electrons. The third kappa shape index (κ3) is 1.97. The number of hydrogen-bond acceptors (Lipinski definition) is 6. The monoisotopic (exact) mass is 245 g/mol. The molecule has 0 fully saturated rings. The standard InChI is InChI=1S/C11H11N5O2/c17-8-5-13-11-9(16-8)10(14-6-15-11)12-4-7-2-1-3-18-7/h1-3,6H,4-5H2,(H,16,17)(H2,12,13,14,15). The third-order valence-electron chi connectivity index (χ3n) is 2.54. The molecule has 0 spiro atoms. The van der Waals surface area contributed by atoms with E-state index in [9.17, 15) is 4.79 Å². The molecule has 2 aromatic heterocycles. The van der Waals surface area contributed by atoms with Gasteiger partial charge >= 0.3 is 0 Å². The van der Waals surface area contributed by atoms with E-state index in [2.05, 4.69) is 25.9 Å². The highest BCUT2D eigenvalue weighted by molar-refractivity contribution is 6.02. The zero-order valence-corrected chi connectivity index (χ0v) is 9.43. The number of amides is 1. The molecule has 0 bridgehead atoms. The molecule has 1 aliphatic heterocycles. The molecule has 1 aliphatic rings. The van der Waals surface area contributed by atoms with Crippen LogP contribution in [0.5, 0.6) is 0 Å². The molecule has 3 N–H and O–H groups in total. The van der Waals surface area contributed by atoms with Gasteiger partial charge in [-0.25, -0.2) is 9.97 Å². The van der Waals surface area contributed by atoms with Gasteiger partial charge in [-0.1, -0.05) is 0 Å². The van der Waals surface area contributed by atoms with E-state index in [0.29, 0.717) is 23.9 Å². The summed E-state index contributed by atoms with van der Waals surface area (Å²) in [6.07, 6.45) is 3.05. The fourth-order valence-corrected chi connectivity index (χ4v) is 1.70. The minimum Gasteiger partial charge on any atom is -0.467 e. The van der Waals surface area contributed by atoms with E-state index in [0.717, 1.165) is 5.76 Å². The first-order valence-electron chi connectivity index (χ1n) is 5.48. The summed E-state index contributed by atoms with van der Waals surface area (Å²) < 4.78 is 5.21. The molecule has 3 heterocycles. The van der Waals surface area contributed by atoms with Crippen LogP contribution in [0.15, 0.2) is 29.1 Å². The highest BCUT2D eigenvalue weighted by Crippen LogP contribution is 2.28. The Morgan fingerprint density at radius 1 is 1.44 bits per heavy atom. The van der Waals surface area contributed by atoms with Gasteiger partial charge in [-0.2, -0.15) is 0 Å². The highest BCUT2D eigenvalue weighted by Gasteiger charge is 2.19. The lowest BCUT2D eigenvalue weighted by Gasteiger charge is -2.19. The number of nitrogens with one attached hydrogen (secondary N) is 3. The minimum absolute atomic E-state index is 0.113. The van der Waals surface area contributed by atoms with Crippen molar-refractivity contribution in [1.29, 1.82) is 0 Å². The summed E-state index contributed by atoms with van der Waals surface area (Å²) in [5, 5.41) is 8.75. The van der Waals surface area contributed by atoms with Gasteiger partial charge in [0.05, 0.1) is 19.4 Å². The van der Waals surface area contributed by atoms with Crippen LogP contribution in [0.25, 0.3) is 0 Å². The summed E-state index contributed by atoms with van der Waals surface area (Å²) in [5.41, 5.74) is 0.570. The predicted octanol–water partition coefficient (Wildman–Crippen LogP) is 1.05. The molecule has 7 nitrogen and oxygen atoms in total. The average molecular weight is 245 g/mol. The van der Waals surface area contributed by atoms with Crippen molar-refractivity contribution in [3.8, 4) is 0 Å². The average Bonchev–Trinajstić information content (AvgIpc) is 2.89. The van der Waals surface area contributed by atoms with E-state index < -0.39 is 0 Å². The van der Waals surface area contributed by atoms with Gasteiger partial charge in [0.1, 0.15) is 17.8 Å². The third-order valence-corrected chi connectivity index (χ3v) is 2.54.